The average molecular weight is 355 g/mol. The SMILES string of the molecule is Cc1cc(-c2cnc(C)nc2C2CCCN(Cc3cscn3)C2)on1. The van der Waals surface area contributed by atoms with E-state index in [2.05, 4.69) is 25.4 Å². The Hall–Kier alpha value is -2.12. The van der Waals surface area contributed by atoms with Crippen LogP contribution in [0.15, 0.2) is 27.7 Å². The van der Waals surface area contributed by atoms with Gasteiger partial charge >= 0.3 is 0 Å². The fourth-order valence-electron chi connectivity index (χ4n) is 3.45. The smallest absolute Gasteiger partial charge is 0.170 e. The van der Waals surface area contributed by atoms with Gasteiger partial charge in [-0.2, -0.15) is 0 Å². The molecule has 4 heterocycles. The summed E-state index contributed by atoms with van der Waals surface area (Å²) in [6, 6.07) is 1.95. The number of aryl methyl sites for hydroxylation is 2. The molecule has 130 valence electrons. The molecular weight excluding hydrogens is 334 g/mol. The van der Waals surface area contributed by atoms with Crippen LogP contribution in [0.4, 0.5) is 0 Å². The third-order valence-electron chi connectivity index (χ3n) is 4.59. The molecule has 0 aromatic carbocycles. The molecule has 0 spiro atoms. The third kappa shape index (κ3) is 3.62. The van der Waals surface area contributed by atoms with Crippen molar-refractivity contribution >= 4 is 11.3 Å². The fourth-order valence-corrected chi connectivity index (χ4v) is 4.00. The molecule has 3 aromatic rings. The summed E-state index contributed by atoms with van der Waals surface area (Å²) in [4.78, 5) is 16.0. The second kappa shape index (κ2) is 7.01. The standard InChI is InChI=1S/C18H21N5OS/c1-12-6-17(24-22-12)16-7-19-13(2)21-18(16)14-4-3-5-23(8-14)9-15-10-25-11-20-15/h6-7,10-11,14H,3-5,8-9H2,1-2H3. The van der Waals surface area contributed by atoms with Crippen LogP contribution in [0, 0.1) is 13.8 Å². The second-order valence-corrected chi connectivity index (χ2v) is 7.32. The van der Waals surface area contributed by atoms with Crippen LogP contribution >= 0.6 is 11.3 Å². The van der Waals surface area contributed by atoms with Gasteiger partial charge in [0.25, 0.3) is 0 Å². The minimum absolute atomic E-state index is 0.370. The Bertz CT molecular complexity index is 845. The van der Waals surface area contributed by atoms with Crippen molar-refractivity contribution in [1.29, 1.82) is 0 Å². The van der Waals surface area contributed by atoms with Crippen LogP contribution in [0.5, 0.6) is 0 Å². The second-order valence-electron chi connectivity index (χ2n) is 6.60. The van der Waals surface area contributed by atoms with Gasteiger partial charge in [0.2, 0.25) is 0 Å². The summed E-state index contributed by atoms with van der Waals surface area (Å²) < 4.78 is 5.48. The van der Waals surface area contributed by atoms with Gasteiger partial charge in [0.1, 0.15) is 5.82 Å². The van der Waals surface area contributed by atoms with Gasteiger partial charge in [0.15, 0.2) is 5.76 Å². The van der Waals surface area contributed by atoms with Crippen LogP contribution in [-0.4, -0.2) is 38.1 Å². The summed E-state index contributed by atoms with van der Waals surface area (Å²) in [7, 11) is 0. The highest BCUT2D eigenvalue weighted by molar-refractivity contribution is 7.07. The van der Waals surface area contributed by atoms with Crippen LogP contribution < -0.4 is 0 Å². The first-order valence-corrected chi connectivity index (χ1v) is 9.50. The molecule has 0 amide bonds. The van der Waals surface area contributed by atoms with E-state index in [0.717, 1.165) is 66.7 Å². The maximum atomic E-state index is 5.48. The molecule has 25 heavy (non-hydrogen) atoms. The molecule has 7 heteroatoms. The number of thiazole rings is 1. The van der Waals surface area contributed by atoms with Gasteiger partial charge < -0.3 is 4.52 Å². The van der Waals surface area contributed by atoms with Crippen LogP contribution in [0.2, 0.25) is 0 Å². The van der Waals surface area contributed by atoms with Gasteiger partial charge in [-0.25, -0.2) is 15.0 Å². The molecule has 4 rings (SSSR count). The van der Waals surface area contributed by atoms with E-state index in [9.17, 15) is 0 Å². The van der Waals surface area contributed by atoms with Crippen molar-refractivity contribution in [1.82, 2.24) is 25.0 Å². The first-order valence-electron chi connectivity index (χ1n) is 8.55. The van der Waals surface area contributed by atoms with E-state index in [0.29, 0.717) is 5.92 Å². The highest BCUT2D eigenvalue weighted by Crippen LogP contribution is 2.33. The molecule has 0 aliphatic carbocycles. The van der Waals surface area contributed by atoms with E-state index in [-0.39, 0.29) is 0 Å². The van der Waals surface area contributed by atoms with Gasteiger partial charge in [0, 0.05) is 36.7 Å². The quantitative estimate of drug-likeness (QED) is 0.712. The Balaban J connectivity index is 1.61. The molecule has 0 radical (unpaired) electrons. The van der Waals surface area contributed by atoms with Crippen LogP contribution in [0.3, 0.4) is 0 Å². The maximum absolute atomic E-state index is 5.48. The molecule has 0 bridgehead atoms. The van der Waals surface area contributed by atoms with Gasteiger partial charge in [-0.3, -0.25) is 4.90 Å². The molecule has 0 saturated carbocycles. The fraction of sp³-hybridized carbons (Fsp3) is 0.444. The molecule has 1 aliphatic heterocycles. The summed E-state index contributed by atoms with van der Waals surface area (Å²) in [5.41, 5.74) is 5.96. The van der Waals surface area contributed by atoms with Crippen LogP contribution in [0.25, 0.3) is 11.3 Å². The zero-order valence-electron chi connectivity index (χ0n) is 14.5. The first kappa shape index (κ1) is 16.4. The van der Waals surface area contributed by atoms with Gasteiger partial charge in [-0.15, -0.1) is 11.3 Å². The van der Waals surface area contributed by atoms with Gasteiger partial charge in [-0.1, -0.05) is 5.16 Å². The topological polar surface area (TPSA) is 67.9 Å². The summed E-state index contributed by atoms with van der Waals surface area (Å²) in [6.07, 6.45) is 4.16. The van der Waals surface area contributed by atoms with Crippen LogP contribution in [0.1, 0.15) is 41.7 Å². The Morgan fingerprint density at radius 3 is 3.00 bits per heavy atom. The van der Waals surface area contributed by atoms with Crippen molar-refractivity contribution in [3.63, 3.8) is 0 Å². The molecular formula is C18H21N5OS. The molecule has 1 unspecified atom stereocenters. The van der Waals surface area contributed by atoms with E-state index in [1.807, 2.05) is 31.6 Å². The van der Waals surface area contributed by atoms with E-state index >= 15 is 0 Å². The van der Waals surface area contributed by atoms with Crippen molar-refractivity contribution in [3.8, 4) is 11.3 Å². The predicted molar refractivity (Wildman–Crippen MR) is 96.4 cm³/mol. The lowest BCUT2D eigenvalue weighted by atomic mass is 9.91. The summed E-state index contributed by atoms with van der Waals surface area (Å²) in [5.74, 6) is 1.92. The third-order valence-corrected chi connectivity index (χ3v) is 5.23. The highest BCUT2D eigenvalue weighted by Gasteiger charge is 2.26. The Morgan fingerprint density at radius 1 is 1.32 bits per heavy atom. The molecule has 1 aliphatic rings. The number of hydrogen-bond acceptors (Lipinski definition) is 7. The van der Waals surface area contributed by atoms with Crippen LogP contribution in [-0.2, 0) is 6.54 Å². The highest BCUT2D eigenvalue weighted by atomic mass is 32.1. The average Bonchev–Trinajstić information content (AvgIpc) is 3.27. The number of aromatic nitrogens is 4. The normalized spacial score (nSPS) is 18.6. The lowest BCUT2D eigenvalue weighted by molar-refractivity contribution is 0.196. The molecule has 1 saturated heterocycles. The summed E-state index contributed by atoms with van der Waals surface area (Å²) in [6.45, 7) is 6.86. The summed E-state index contributed by atoms with van der Waals surface area (Å²) >= 11 is 1.65. The number of hydrogen-bond donors (Lipinski definition) is 0. The lowest BCUT2D eigenvalue weighted by Gasteiger charge is -2.32. The monoisotopic (exact) mass is 355 g/mol. The summed E-state index contributed by atoms with van der Waals surface area (Å²) in [5, 5.41) is 6.14. The molecule has 1 fully saturated rings. The van der Waals surface area contributed by atoms with Crippen molar-refractivity contribution in [3.05, 3.63) is 46.1 Å². The largest absolute Gasteiger partial charge is 0.356 e. The van der Waals surface area contributed by atoms with Crippen molar-refractivity contribution in [2.75, 3.05) is 13.1 Å². The van der Waals surface area contributed by atoms with Crippen molar-refractivity contribution in [2.45, 2.75) is 39.2 Å². The van der Waals surface area contributed by atoms with E-state index in [4.69, 9.17) is 9.51 Å². The Kier molecular flexibility index (Phi) is 4.59. The Morgan fingerprint density at radius 2 is 2.24 bits per heavy atom. The zero-order chi connectivity index (χ0) is 17.2. The van der Waals surface area contributed by atoms with Crippen molar-refractivity contribution in [2.24, 2.45) is 0 Å². The number of likely N-dealkylation sites (tertiary alicyclic amines) is 1. The first-order chi connectivity index (χ1) is 12.2. The van der Waals surface area contributed by atoms with E-state index in [1.54, 1.807) is 11.3 Å². The lowest BCUT2D eigenvalue weighted by Crippen LogP contribution is -2.34. The molecule has 0 N–H and O–H groups in total. The number of rotatable bonds is 4. The van der Waals surface area contributed by atoms with Gasteiger partial charge in [0.05, 0.1) is 28.2 Å². The molecule has 3 aromatic heterocycles. The van der Waals surface area contributed by atoms with Crippen molar-refractivity contribution < 1.29 is 4.52 Å². The van der Waals surface area contributed by atoms with E-state index < -0.39 is 0 Å². The predicted octanol–water partition coefficient (Wildman–Crippen LogP) is 3.58. The number of nitrogens with zero attached hydrogens (tertiary/aromatic N) is 5. The van der Waals surface area contributed by atoms with Gasteiger partial charge in [-0.05, 0) is 33.2 Å². The van der Waals surface area contributed by atoms with E-state index in [1.165, 1.54) is 0 Å². The zero-order valence-corrected chi connectivity index (χ0v) is 15.3. The number of piperidine rings is 1. The minimum atomic E-state index is 0.370. The Labute approximate surface area is 150 Å². The minimum Gasteiger partial charge on any atom is -0.356 e. The maximum Gasteiger partial charge on any atom is 0.170 e. The molecule has 1 atom stereocenters. The molecule has 6 nitrogen and oxygen atoms in total.